The SMILES string of the molecule is CC(=O)O.COC(=O)[C@H](C)[AsH]P(=O)(OC[C@H]1O[C@@H]([n+]2cccc(C(N)=O)c2)[C@@H]2OC(C)(C)O[C@@H]21)[AsH][C@@H](C)C(=O)OC.N. The normalized spacial score (nSPS) is 25.4. The van der Waals surface area contributed by atoms with Crippen LogP contribution in [0.1, 0.15) is 51.2 Å². The van der Waals surface area contributed by atoms with Crippen LogP contribution in [-0.2, 0) is 47.2 Å². The van der Waals surface area contributed by atoms with Crippen LogP contribution in [0.2, 0.25) is 9.41 Å². The number of primary amides is 1. The molecule has 0 radical (unpaired) electrons. The van der Waals surface area contributed by atoms with Crippen LogP contribution in [-0.4, -0.2) is 104 Å². The smallest absolute Gasteiger partial charge is 0.344 e. The third kappa shape index (κ3) is 10.7. The second kappa shape index (κ2) is 16.3. The first-order valence-electron chi connectivity index (χ1n) is 12.5. The Labute approximate surface area is 257 Å². The number of carbonyl (C=O) groups excluding carboxylic acids is 3. The zero-order valence-corrected chi connectivity index (χ0v) is 29.7. The number of nitrogens with two attached hydrogens (primary N) is 1. The first-order valence-corrected chi connectivity index (χ1v) is 22.2. The Hall–Kier alpha value is -1.82. The fourth-order valence-electron chi connectivity index (χ4n) is 4.09. The molecule has 1 aromatic heterocycles. The Morgan fingerprint density at radius 3 is 2.07 bits per heavy atom. The molecule has 0 bridgehead atoms. The minimum Gasteiger partial charge on any atom is -0.344 e. The van der Waals surface area contributed by atoms with Gasteiger partial charge in [0.1, 0.15) is 0 Å². The molecule has 2 aliphatic heterocycles. The monoisotopic (exact) mass is 744 g/mol. The van der Waals surface area contributed by atoms with E-state index in [0.717, 1.165) is 6.92 Å². The molecule has 15 nitrogen and oxygen atoms in total. The summed E-state index contributed by atoms with van der Waals surface area (Å²) in [5.41, 5.74) is 5.74. The minimum atomic E-state index is -3.30. The molecular weight excluding hydrogens is 703 g/mol. The number of nitrogens with zero attached hydrogens (tertiary/aromatic N) is 1. The second-order valence-electron chi connectivity index (χ2n) is 9.65. The number of carbonyl (C=O) groups is 4. The van der Waals surface area contributed by atoms with E-state index in [9.17, 15) is 18.9 Å². The average molecular weight is 744 g/mol. The molecule has 0 aromatic carbocycles. The molecule has 2 unspecified atom stereocenters. The van der Waals surface area contributed by atoms with Crippen molar-refractivity contribution in [2.45, 2.75) is 74.4 Å². The molecule has 1 amide bonds. The van der Waals surface area contributed by atoms with Gasteiger partial charge in [0.25, 0.3) is 5.97 Å². The molecule has 0 spiro atoms. The van der Waals surface area contributed by atoms with Crippen LogP contribution >= 0.6 is 4.49 Å². The van der Waals surface area contributed by atoms with Gasteiger partial charge in [-0.15, -0.1) is 0 Å². The van der Waals surface area contributed by atoms with Crippen molar-refractivity contribution in [3.63, 3.8) is 0 Å². The standard InChI is InChI=1S/C22H33As2N2O10P.C2H4O2.H3N/c1-12(20(28)31-5)23-37(30,24-13(2)21(29)32-6)33-11-15-16-17(36-22(3,4)35-16)19(34-15)26-9-7-8-14(10-26)18(25)27;1-2(3)4;/h7-10,12-13,15-17,19,23-24H,11H2,1-6H3,(H-,25,27);1H3,(H,3,4);1H3/p+1/t12-,13-,15+,16+,17+,19+;;/m0../s1. The van der Waals surface area contributed by atoms with Crippen LogP contribution in [0.25, 0.3) is 0 Å². The molecule has 3 heterocycles. The molecule has 42 heavy (non-hydrogen) atoms. The van der Waals surface area contributed by atoms with Crippen molar-refractivity contribution < 1.29 is 61.6 Å². The third-order valence-corrected chi connectivity index (χ3v) is 28.0. The number of aromatic nitrogens is 1. The van der Waals surface area contributed by atoms with Gasteiger partial charge in [-0.1, -0.05) is 0 Å². The topological polar surface area (TPSA) is 226 Å². The summed E-state index contributed by atoms with van der Waals surface area (Å²) in [5, 5.41) is 7.42. The molecule has 2 aliphatic rings. The van der Waals surface area contributed by atoms with Gasteiger partial charge in [-0.3, -0.25) is 4.79 Å². The zero-order chi connectivity index (χ0) is 31.1. The Balaban J connectivity index is 0.00000165. The van der Waals surface area contributed by atoms with Gasteiger partial charge in [0, 0.05) is 6.92 Å². The number of carboxylic acid groups (broad SMARTS) is 1. The number of methoxy groups -OCH3 is 2. The van der Waals surface area contributed by atoms with Gasteiger partial charge < -0.3 is 11.3 Å². The van der Waals surface area contributed by atoms with Gasteiger partial charge in [0.05, 0.1) is 0 Å². The fraction of sp³-hybridized carbons (Fsp3) is 0.625. The Morgan fingerprint density at radius 1 is 1.10 bits per heavy atom. The number of hydrogen-bond acceptors (Lipinski definition) is 12. The number of carboxylic acids is 1. The predicted octanol–water partition coefficient (Wildman–Crippen LogP) is 0.704. The number of esters is 2. The van der Waals surface area contributed by atoms with Crippen LogP contribution in [0.4, 0.5) is 0 Å². The summed E-state index contributed by atoms with van der Waals surface area (Å²) in [6, 6.07) is 3.27. The minimum absolute atomic E-state index is 0. The van der Waals surface area contributed by atoms with Gasteiger partial charge in [-0.2, -0.15) is 0 Å². The number of fused-ring (bicyclic) bond motifs is 1. The van der Waals surface area contributed by atoms with Crippen LogP contribution < -0.4 is 16.5 Å². The number of ether oxygens (including phenoxy) is 5. The van der Waals surface area contributed by atoms with Crippen molar-refractivity contribution in [3.8, 4) is 0 Å². The first kappa shape index (κ1) is 38.2. The maximum Gasteiger partial charge on any atom is -0.344 e. The van der Waals surface area contributed by atoms with Gasteiger partial charge in [0.15, 0.2) is 0 Å². The second-order valence-corrected chi connectivity index (χ2v) is 31.7. The predicted molar refractivity (Wildman–Crippen MR) is 152 cm³/mol. The van der Waals surface area contributed by atoms with E-state index in [-0.39, 0.29) is 12.8 Å². The summed E-state index contributed by atoms with van der Waals surface area (Å²) in [7, 11) is 2.56. The van der Waals surface area contributed by atoms with E-state index in [4.69, 9.17) is 43.8 Å². The summed E-state index contributed by atoms with van der Waals surface area (Å²) < 4.78 is 45.4. The number of rotatable bonds is 11. The quantitative estimate of drug-likeness (QED) is 0.123. The third-order valence-electron chi connectivity index (χ3n) is 5.78. The Morgan fingerprint density at radius 2 is 1.60 bits per heavy atom. The van der Waals surface area contributed by atoms with Gasteiger partial charge in [0.2, 0.25) is 0 Å². The van der Waals surface area contributed by atoms with Crippen LogP contribution in [0.5, 0.6) is 0 Å². The molecular formula is C24H41As2N3O12P+. The van der Waals surface area contributed by atoms with E-state index in [1.165, 1.54) is 14.2 Å². The molecule has 238 valence electrons. The maximum atomic E-state index is 14.0. The molecule has 0 aliphatic carbocycles. The van der Waals surface area contributed by atoms with Crippen LogP contribution in [0.15, 0.2) is 24.5 Å². The molecule has 1 aromatic rings. The molecule has 18 heteroatoms. The number of aliphatic carboxylic acids is 1. The molecule has 2 fully saturated rings. The van der Waals surface area contributed by atoms with Crippen molar-refractivity contribution >= 4 is 58.9 Å². The molecule has 3 rings (SSSR count). The largest absolute Gasteiger partial charge is 0.344 e. The van der Waals surface area contributed by atoms with E-state index in [0.29, 0.717) is 5.56 Å². The number of pyridine rings is 1. The zero-order valence-electron chi connectivity index (χ0n) is 24.6. The van der Waals surface area contributed by atoms with Gasteiger partial charge in [-0.05, 0) is 0 Å². The molecule has 8 atom stereocenters. The first-order chi connectivity index (χ1) is 19.0. The number of amides is 1. The summed E-state index contributed by atoms with van der Waals surface area (Å²) in [5.74, 6) is -3.24. The molecule has 0 saturated carbocycles. The number of hydrogen-bond donors (Lipinski definition) is 3. The average Bonchev–Trinajstić information content (AvgIpc) is 3.38. The maximum absolute atomic E-state index is 14.0. The van der Waals surface area contributed by atoms with E-state index in [2.05, 4.69) is 0 Å². The van der Waals surface area contributed by atoms with Crippen molar-refractivity contribution in [1.82, 2.24) is 6.15 Å². The Kier molecular flexibility index (Phi) is 14.8. The Bertz CT molecular complexity index is 1140. The van der Waals surface area contributed by atoms with Gasteiger partial charge >= 0.3 is 229 Å². The van der Waals surface area contributed by atoms with E-state index in [1.807, 2.05) is 0 Å². The van der Waals surface area contributed by atoms with Crippen molar-refractivity contribution in [1.29, 1.82) is 0 Å². The van der Waals surface area contributed by atoms with Crippen molar-refractivity contribution in [2.75, 3.05) is 20.8 Å². The van der Waals surface area contributed by atoms with E-state index < -0.39 is 98.6 Å². The van der Waals surface area contributed by atoms with Crippen LogP contribution in [0.3, 0.4) is 0 Å². The fourth-order valence-corrected chi connectivity index (χ4v) is 31.6. The summed E-state index contributed by atoms with van der Waals surface area (Å²) in [6.07, 6.45) is 0.900. The summed E-state index contributed by atoms with van der Waals surface area (Å²) >= 11 is -2.94. The van der Waals surface area contributed by atoms with E-state index in [1.54, 1.807) is 56.8 Å². The van der Waals surface area contributed by atoms with Crippen LogP contribution in [0, 0.1) is 0 Å². The molecule has 2 saturated heterocycles. The molecule has 6 N–H and O–H groups in total. The van der Waals surface area contributed by atoms with Crippen molar-refractivity contribution in [2.24, 2.45) is 5.73 Å². The van der Waals surface area contributed by atoms with E-state index >= 15 is 0 Å². The summed E-state index contributed by atoms with van der Waals surface area (Å²) in [4.78, 5) is 44.9. The van der Waals surface area contributed by atoms with Crippen molar-refractivity contribution in [3.05, 3.63) is 30.1 Å². The van der Waals surface area contributed by atoms with Gasteiger partial charge in [-0.25, -0.2) is 0 Å². The summed E-state index contributed by atoms with van der Waals surface area (Å²) in [6.45, 7) is 7.88.